The lowest BCUT2D eigenvalue weighted by atomic mass is 9.94. The van der Waals surface area contributed by atoms with Gasteiger partial charge in [-0.05, 0) is 30.4 Å². The summed E-state index contributed by atoms with van der Waals surface area (Å²) >= 11 is 12.0. The summed E-state index contributed by atoms with van der Waals surface area (Å²) in [5, 5.41) is 0.358. The van der Waals surface area contributed by atoms with E-state index in [4.69, 9.17) is 23.2 Å². The van der Waals surface area contributed by atoms with Crippen LogP contribution >= 0.6 is 23.2 Å². The average molecular weight is 322 g/mol. The Kier molecular flexibility index (Phi) is 4.45. The lowest BCUT2D eigenvalue weighted by Crippen LogP contribution is -2.42. The van der Waals surface area contributed by atoms with Crippen molar-refractivity contribution in [2.45, 2.75) is 25.2 Å². The van der Waals surface area contributed by atoms with Gasteiger partial charge in [0, 0.05) is 13.1 Å². The Morgan fingerprint density at radius 3 is 2.05 bits per heavy atom. The Morgan fingerprint density at radius 2 is 1.58 bits per heavy atom. The molecule has 19 heavy (non-hydrogen) atoms. The lowest BCUT2D eigenvalue weighted by Gasteiger charge is -2.34. The molecule has 0 radical (unpaired) electrons. The zero-order valence-electron chi connectivity index (χ0n) is 10.9. The smallest absolute Gasteiger partial charge is 0.207 e. The number of piperidine rings is 1. The molecule has 1 aliphatic heterocycles. The molecule has 0 N–H and O–H groups in total. The highest BCUT2D eigenvalue weighted by Crippen LogP contribution is 2.34. The summed E-state index contributed by atoms with van der Waals surface area (Å²) in [5.41, 5.74) is 0. The molecule has 106 valence electrons. The first-order chi connectivity index (χ1) is 8.82. The molecule has 1 aromatic carbocycles. The Hall–Kier alpha value is -0.290. The maximum atomic E-state index is 12.7. The third-order valence-electron chi connectivity index (χ3n) is 3.35. The van der Waals surface area contributed by atoms with Gasteiger partial charge in [-0.1, -0.05) is 43.1 Å². The number of rotatable bonds is 2. The van der Waals surface area contributed by atoms with Gasteiger partial charge in [0.1, 0.15) is 4.90 Å². The fraction of sp³-hybridized carbons (Fsp3) is 0.538. The van der Waals surface area contributed by atoms with Gasteiger partial charge in [-0.15, -0.1) is 0 Å². The molecule has 6 heteroatoms. The number of sulfonamides is 1. The van der Waals surface area contributed by atoms with Crippen LogP contribution in [0.2, 0.25) is 10.0 Å². The molecule has 3 nitrogen and oxygen atoms in total. The van der Waals surface area contributed by atoms with E-state index in [9.17, 15) is 8.42 Å². The minimum absolute atomic E-state index is 0.0274. The molecule has 1 aliphatic rings. The zero-order valence-corrected chi connectivity index (χ0v) is 13.3. The van der Waals surface area contributed by atoms with Gasteiger partial charge in [-0.3, -0.25) is 0 Å². The van der Waals surface area contributed by atoms with E-state index in [0.29, 0.717) is 24.9 Å². The quantitative estimate of drug-likeness (QED) is 0.833. The monoisotopic (exact) mass is 321 g/mol. The summed E-state index contributed by atoms with van der Waals surface area (Å²) in [7, 11) is -3.62. The van der Waals surface area contributed by atoms with Crippen LogP contribution in [0.1, 0.15) is 20.3 Å². The highest BCUT2D eigenvalue weighted by atomic mass is 35.5. The molecule has 0 aromatic heterocycles. The minimum Gasteiger partial charge on any atom is -0.207 e. The SMILES string of the molecule is CC1CC(C)CN(S(=O)(=O)c2c(Cl)cccc2Cl)C1. The zero-order chi connectivity index (χ0) is 14.2. The first-order valence-electron chi connectivity index (χ1n) is 6.26. The maximum absolute atomic E-state index is 12.7. The second-order valence-corrected chi connectivity index (χ2v) is 8.01. The van der Waals surface area contributed by atoms with Crippen molar-refractivity contribution in [3.63, 3.8) is 0 Å². The average Bonchev–Trinajstić information content (AvgIpc) is 2.26. The molecule has 1 heterocycles. The molecular formula is C13H17Cl2NO2S. The van der Waals surface area contributed by atoms with E-state index in [1.807, 2.05) is 0 Å². The molecule has 0 spiro atoms. The van der Waals surface area contributed by atoms with Crippen molar-refractivity contribution in [3.8, 4) is 0 Å². The molecule has 1 fully saturated rings. The van der Waals surface area contributed by atoms with Gasteiger partial charge in [0.25, 0.3) is 0 Å². The topological polar surface area (TPSA) is 37.4 Å². The van der Waals surface area contributed by atoms with E-state index in [2.05, 4.69) is 13.8 Å². The number of nitrogens with zero attached hydrogens (tertiary/aromatic N) is 1. The van der Waals surface area contributed by atoms with Crippen molar-refractivity contribution in [1.29, 1.82) is 0 Å². The van der Waals surface area contributed by atoms with Crippen LogP contribution in [-0.2, 0) is 10.0 Å². The molecule has 0 bridgehead atoms. The fourth-order valence-corrected chi connectivity index (χ4v) is 5.43. The van der Waals surface area contributed by atoms with Crippen LogP contribution in [0.5, 0.6) is 0 Å². The summed E-state index contributed by atoms with van der Waals surface area (Å²) in [4.78, 5) is 0.0274. The first-order valence-corrected chi connectivity index (χ1v) is 8.46. The van der Waals surface area contributed by atoms with Gasteiger partial charge in [-0.2, -0.15) is 4.31 Å². The van der Waals surface area contributed by atoms with Crippen LogP contribution in [0.4, 0.5) is 0 Å². The van der Waals surface area contributed by atoms with Gasteiger partial charge >= 0.3 is 0 Å². The van der Waals surface area contributed by atoms with Crippen LogP contribution in [0, 0.1) is 11.8 Å². The van der Waals surface area contributed by atoms with E-state index in [0.717, 1.165) is 6.42 Å². The van der Waals surface area contributed by atoms with E-state index >= 15 is 0 Å². The maximum Gasteiger partial charge on any atom is 0.246 e. The summed E-state index contributed by atoms with van der Waals surface area (Å²) in [6, 6.07) is 4.75. The Labute approximate surface area is 124 Å². The molecule has 0 aliphatic carbocycles. The summed E-state index contributed by atoms with van der Waals surface area (Å²) < 4.78 is 26.9. The third-order valence-corrected chi connectivity index (χ3v) is 6.14. The number of hydrogen-bond acceptors (Lipinski definition) is 2. The van der Waals surface area contributed by atoms with Gasteiger partial charge in [0.15, 0.2) is 0 Å². The summed E-state index contributed by atoms with van der Waals surface area (Å²) in [6.07, 6.45) is 1.04. The predicted molar refractivity (Wildman–Crippen MR) is 78.2 cm³/mol. The van der Waals surface area contributed by atoms with Crippen LogP contribution in [0.15, 0.2) is 23.1 Å². The van der Waals surface area contributed by atoms with E-state index in [-0.39, 0.29) is 14.9 Å². The molecule has 2 rings (SSSR count). The molecule has 2 atom stereocenters. The molecule has 2 unspecified atom stereocenters. The molecule has 0 amide bonds. The van der Waals surface area contributed by atoms with Crippen molar-refractivity contribution in [2.24, 2.45) is 11.8 Å². The Morgan fingerprint density at radius 1 is 1.11 bits per heavy atom. The van der Waals surface area contributed by atoms with Crippen LogP contribution in [-0.4, -0.2) is 25.8 Å². The first kappa shape index (κ1) is 15.1. The molecule has 0 saturated carbocycles. The number of halogens is 2. The second kappa shape index (κ2) is 5.60. The summed E-state index contributed by atoms with van der Waals surface area (Å²) in [6.45, 7) is 5.17. The molecular weight excluding hydrogens is 305 g/mol. The minimum atomic E-state index is -3.62. The lowest BCUT2D eigenvalue weighted by molar-refractivity contribution is 0.222. The normalized spacial score (nSPS) is 25.5. The van der Waals surface area contributed by atoms with Gasteiger partial charge < -0.3 is 0 Å². The van der Waals surface area contributed by atoms with Crippen LogP contribution < -0.4 is 0 Å². The van der Waals surface area contributed by atoms with Crippen LogP contribution in [0.3, 0.4) is 0 Å². The number of hydrogen-bond donors (Lipinski definition) is 0. The highest BCUT2D eigenvalue weighted by molar-refractivity contribution is 7.89. The van der Waals surface area contributed by atoms with Crippen molar-refractivity contribution >= 4 is 33.2 Å². The standard InChI is InChI=1S/C13H17Cl2NO2S/c1-9-6-10(2)8-16(7-9)19(17,18)13-11(14)4-3-5-12(13)15/h3-5,9-10H,6-8H2,1-2H3. The largest absolute Gasteiger partial charge is 0.246 e. The van der Waals surface area contributed by atoms with Gasteiger partial charge in [0.2, 0.25) is 10.0 Å². The van der Waals surface area contributed by atoms with Crippen molar-refractivity contribution < 1.29 is 8.42 Å². The van der Waals surface area contributed by atoms with Crippen molar-refractivity contribution in [1.82, 2.24) is 4.31 Å². The van der Waals surface area contributed by atoms with E-state index in [1.165, 1.54) is 4.31 Å². The predicted octanol–water partition coefficient (Wildman–Crippen LogP) is 3.66. The molecule has 1 aromatic rings. The highest BCUT2D eigenvalue weighted by Gasteiger charge is 2.34. The summed E-state index contributed by atoms with van der Waals surface area (Å²) in [5.74, 6) is 0.694. The van der Waals surface area contributed by atoms with E-state index in [1.54, 1.807) is 18.2 Å². The van der Waals surface area contributed by atoms with Crippen molar-refractivity contribution in [3.05, 3.63) is 28.2 Å². The number of benzene rings is 1. The Bertz CT molecular complexity index is 544. The Balaban J connectivity index is 2.42. The third kappa shape index (κ3) is 3.07. The second-order valence-electron chi connectivity index (χ2n) is 5.32. The van der Waals surface area contributed by atoms with E-state index < -0.39 is 10.0 Å². The van der Waals surface area contributed by atoms with Gasteiger partial charge in [0.05, 0.1) is 10.0 Å². The van der Waals surface area contributed by atoms with Crippen LogP contribution in [0.25, 0.3) is 0 Å². The molecule has 1 saturated heterocycles. The fourth-order valence-electron chi connectivity index (χ4n) is 2.66. The van der Waals surface area contributed by atoms with Gasteiger partial charge in [-0.25, -0.2) is 8.42 Å². The van der Waals surface area contributed by atoms with Crippen molar-refractivity contribution in [2.75, 3.05) is 13.1 Å².